The van der Waals surface area contributed by atoms with Gasteiger partial charge in [-0.2, -0.15) is 4.37 Å². The first-order valence-corrected chi connectivity index (χ1v) is 6.21. The van der Waals surface area contributed by atoms with Crippen molar-refractivity contribution in [1.82, 2.24) is 14.3 Å². The Balaban J connectivity index is 1.97. The van der Waals surface area contributed by atoms with Crippen LogP contribution in [0.25, 0.3) is 0 Å². The molecule has 0 aliphatic carbocycles. The number of hydrogen-bond acceptors (Lipinski definition) is 6. The van der Waals surface area contributed by atoms with Crippen LogP contribution in [0.5, 0.6) is 0 Å². The van der Waals surface area contributed by atoms with Crippen LogP contribution < -0.4 is 11.1 Å². The van der Waals surface area contributed by atoms with Crippen molar-refractivity contribution in [3.63, 3.8) is 0 Å². The van der Waals surface area contributed by atoms with E-state index in [0.717, 1.165) is 16.6 Å². The fourth-order valence-corrected chi connectivity index (χ4v) is 2.01. The second kappa shape index (κ2) is 5.09. The summed E-state index contributed by atoms with van der Waals surface area (Å²) in [6.45, 7) is 4.76. The van der Waals surface area contributed by atoms with Gasteiger partial charge in [-0.05, 0) is 12.1 Å². The summed E-state index contributed by atoms with van der Waals surface area (Å²) < 4.78 is 4.27. The van der Waals surface area contributed by atoms with Crippen molar-refractivity contribution >= 4 is 22.5 Å². The van der Waals surface area contributed by atoms with Crippen molar-refractivity contribution in [3.8, 4) is 0 Å². The molecule has 2 rings (SSSR count). The number of anilines is 2. The molecule has 3 N–H and O–H groups in total. The third kappa shape index (κ3) is 3.13. The molecule has 2 aromatic heterocycles. The molecule has 90 valence electrons. The Kier molecular flexibility index (Phi) is 3.53. The summed E-state index contributed by atoms with van der Waals surface area (Å²) in [7, 11) is 0. The van der Waals surface area contributed by atoms with Gasteiger partial charge in [0.2, 0.25) is 5.13 Å². The largest absolute Gasteiger partial charge is 0.384 e. The Hall–Kier alpha value is -1.69. The molecule has 0 saturated carbocycles. The van der Waals surface area contributed by atoms with Gasteiger partial charge in [0.05, 0.1) is 12.2 Å². The van der Waals surface area contributed by atoms with Crippen molar-refractivity contribution < 1.29 is 0 Å². The maximum Gasteiger partial charge on any atom is 0.202 e. The van der Waals surface area contributed by atoms with Gasteiger partial charge in [0.25, 0.3) is 0 Å². The lowest BCUT2D eigenvalue weighted by Crippen LogP contribution is -2.03. The second-order valence-electron chi connectivity index (χ2n) is 4.02. The molecule has 0 aliphatic heterocycles. The Labute approximate surface area is 104 Å². The summed E-state index contributed by atoms with van der Waals surface area (Å²) in [5.41, 5.74) is 6.50. The first kappa shape index (κ1) is 11.8. The van der Waals surface area contributed by atoms with Crippen LogP contribution in [0, 0.1) is 0 Å². The molecule has 2 heterocycles. The highest BCUT2D eigenvalue weighted by molar-refractivity contribution is 7.09. The number of pyridine rings is 1. The molecule has 0 radical (unpaired) electrons. The van der Waals surface area contributed by atoms with Gasteiger partial charge in [-0.3, -0.25) is 0 Å². The lowest BCUT2D eigenvalue weighted by atomic mass is 10.2. The number of nitrogens with two attached hydrogens (primary N) is 1. The van der Waals surface area contributed by atoms with Crippen molar-refractivity contribution in [2.45, 2.75) is 26.3 Å². The minimum atomic E-state index is 0.354. The average Bonchev–Trinajstić information content (AvgIpc) is 2.75. The predicted octanol–water partition coefficient (Wildman–Crippen LogP) is 2.25. The minimum Gasteiger partial charge on any atom is -0.384 e. The van der Waals surface area contributed by atoms with Crippen molar-refractivity contribution in [2.24, 2.45) is 0 Å². The Bertz CT molecular complexity index is 494. The van der Waals surface area contributed by atoms with E-state index in [0.29, 0.717) is 18.3 Å². The van der Waals surface area contributed by atoms with Gasteiger partial charge in [-0.15, -0.1) is 0 Å². The van der Waals surface area contributed by atoms with Crippen molar-refractivity contribution in [1.29, 1.82) is 0 Å². The molecule has 0 aliphatic rings. The summed E-state index contributed by atoms with van der Waals surface area (Å²) >= 11 is 1.37. The monoisotopic (exact) mass is 249 g/mol. The number of aromatic nitrogens is 3. The maximum atomic E-state index is 5.61. The van der Waals surface area contributed by atoms with E-state index in [-0.39, 0.29) is 0 Å². The van der Waals surface area contributed by atoms with E-state index in [1.165, 1.54) is 11.5 Å². The number of nitrogens with zero attached hydrogens (tertiary/aromatic N) is 3. The van der Waals surface area contributed by atoms with E-state index in [2.05, 4.69) is 33.5 Å². The molecule has 17 heavy (non-hydrogen) atoms. The molecule has 0 saturated heterocycles. The Morgan fingerprint density at radius 3 is 2.82 bits per heavy atom. The van der Waals surface area contributed by atoms with Crippen LogP contribution in [0.3, 0.4) is 0 Å². The average molecular weight is 249 g/mol. The van der Waals surface area contributed by atoms with E-state index >= 15 is 0 Å². The van der Waals surface area contributed by atoms with E-state index in [1.54, 1.807) is 6.07 Å². The van der Waals surface area contributed by atoms with Gasteiger partial charge in [-0.25, -0.2) is 9.97 Å². The van der Waals surface area contributed by atoms with Gasteiger partial charge >= 0.3 is 0 Å². The van der Waals surface area contributed by atoms with Gasteiger partial charge in [0.1, 0.15) is 11.6 Å². The first-order valence-electron chi connectivity index (χ1n) is 5.44. The number of nitrogen functional groups attached to an aromatic ring is 1. The van der Waals surface area contributed by atoms with Crippen LogP contribution in [0.1, 0.15) is 31.3 Å². The smallest absolute Gasteiger partial charge is 0.202 e. The fraction of sp³-hybridized carbons (Fsp3) is 0.364. The van der Waals surface area contributed by atoms with Gasteiger partial charge in [0, 0.05) is 17.5 Å². The van der Waals surface area contributed by atoms with Crippen molar-refractivity contribution in [3.05, 3.63) is 29.7 Å². The quantitative estimate of drug-likeness (QED) is 0.869. The first-order chi connectivity index (χ1) is 8.15. The lowest BCUT2D eigenvalue weighted by Gasteiger charge is -2.02. The molecular weight excluding hydrogens is 234 g/mol. The maximum absolute atomic E-state index is 5.61. The van der Waals surface area contributed by atoms with Crippen LogP contribution in [-0.2, 0) is 6.54 Å². The van der Waals surface area contributed by atoms with Crippen molar-refractivity contribution in [2.75, 3.05) is 11.1 Å². The highest BCUT2D eigenvalue weighted by Crippen LogP contribution is 2.17. The molecule has 0 aromatic carbocycles. The van der Waals surface area contributed by atoms with Crippen LogP contribution in [0.2, 0.25) is 0 Å². The molecule has 0 amide bonds. The SMILES string of the molecule is CC(C)c1nsc(NCc2cccc(N)n2)n1. The van der Waals surface area contributed by atoms with E-state index in [9.17, 15) is 0 Å². The molecule has 5 nitrogen and oxygen atoms in total. The fourth-order valence-electron chi connectivity index (χ4n) is 1.30. The number of rotatable bonds is 4. The van der Waals surface area contributed by atoms with Crippen LogP contribution in [0.4, 0.5) is 10.9 Å². The molecule has 0 fully saturated rings. The molecule has 2 aromatic rings. The Morgan fingerprint density at radius 1 is 1.35 bits per heavy atom. The van der Waals surface area contributed by atoms with Gasteiger partial charge in [0.15, 0.2) is 0 Å². The zero-order valence-corrected chi connectivity index (χ0v) is 10.7. The summed E-state index contributed by atoms with van der Waals surface area (Å²) in [6, 6.07) is 5.58. The standard InChI is InChI=1S/C11H15N5S/c1-7(2)10-15-11(17-16-10)13-6-8-4-3-5-9(12)14-8/h3-5,7H,6H2,1-2H3,(H2,12,14)(H,13,15,16). The highest BCUT2D eigenvalue weighted by Gasteiger charge is 2.07. The number of hydrogen-bond donors (Lipinski definition) is 2. The van der Waals surface area contributed by atoms with E-state index in [4.69, 9.17) is 5.73 Å². The van der Waals surface area contributed by atoms with Crippen LogP contribution in [0.15, 0.2) is 18.2 Å². The van der Waals surface area contributed by atoms with Crippen LogP contribution >= 0.6 is 11.5 Å². The molecule has 0 unspecified atom stereocenters. The molecular formula is C11H15N5S. The van der Waals surface area contributed by atoms with E-state index < -0.39 is 0 Å². The zero-order valence-electron chi connectivity index (χ0n) is 9.84. The minimum absolute atomic E-state index is 0.354. The topological polar surface area (TPSA) is 76.7 Å². The molecule has 0 atom stereocenters. The van der Waals surface area contributed by atoms with Gasteiger partial charge in [-0.1, -0.05) is 19.9 Å². The Morgan fingerprint density at radius 2 is 2.18 bits per heavy atom. The summed E-state index contributed by atoms with van der Waals surface area (Å²) in [5.74, 6) is 1.76. The number of nitrogens with one attached hydrogen (secondary N) is 1. The third-order valence-corrected chi connectivity index (χ3v) is 2.89. The van der Waals surface area contributed by atoms with Crippen LogP contribution in [-0.4, -0.2) is 14.3 Å². The molecule has 6 heteroatoms. The molecule has 0 spiro atoms. The lowest BCUT2D eigenvalue weighted by molar-refractivity contribution is 0.799. The summed E-state index contributed by atoms with van der Waals surface area (Å²) in [4.78, 5) is 8.59. The normalized spacial score (nSPS) is 10.8. The predicted molar refractivity (Wildman–Crippen MR) is 70.0 cm³/mol. The summed E-state index contributed by atoms with van der Waals surface area (Å²) in [6.07, 6.45) is 0. The van der Waals surface area contributed by atoms with E-state index in [1.807, 2.05) is 12.1 Å². The third-order valence-electron chi connectivity index (χ3n) is 2.21. The zero-order chi connectivity index (χ0) is 12.3. The second-order valence-corrected chi connectivity index (χ2v) is 4.77. The summed E-state index contributed by atoms with van der Waals surface area (Å²) in [5, 5.41) is 4.01. The van der Waals surface area contributed by atoms with Gasteiger partial charge < -0.3 is 11.1 Å². The molecule has 0 bridgehead atoms. The highest BCUT2D eigenvalue weighted by atomic mass is 32.1.